The quantitative estimate of drug-likeness (QED) is 0.784. The van der Waals surface area contributed by atoms with Crippen LogP contribution < -0.4 is 5.32 Å². The first-order chi connectivity index (χ1) is 9.42. The van der Waals surface area contributed by atoms with Gasteiger partial charge in [-0.2, -0.15) is 11.8 Å². The molecule has 1 heterocycles. The zero-order valence-corrected chi connectivity index (χ0v) is 14.4. The Morgan fingerprint density at radius 1 is 1.40 bits per heavy atom. The molecule has 0 spiro atoms. The largest absolute Gasteiger partial charge is 0.324 e. The molecule has 20 heavy (non-hydrogen) atoms. The van der Waals surface area contributed by atoms with E-state index in [1.54, 1.807) is 0 Å². The van der Waals surface area contributed by atoms with Gasteiger partial charge < -0.3 is 4.90 Å². The predicted molar refractivity (Wildman–Crippen MR) is 86.8 cm³/mol. The molecule has 1 saturated heterocycles. The molecule has 0 bridgehead atoms. The molecule has 0 aromatic rings. The third-order valence-electron chi connectivity index (χ3n) is 4.90. The van der Waals surface area contributed by atoms with Crippen molar-refractivity contribution in [3.63, 3.8) is 0 Å². The molecule has 1 aliphatic carbocycles. The predicted octanol–water partition coefficient (Wildman–Crippen LogP) is 3.10. The fourth-order valence-corrected chi connectivity index (χ4v) is 3.83. The van der Waals surface area contributed by atoms with Crippen LogP contribution in [0.25, 0.3) is 0 Å². The molecule has 3 atom stereocenters. The number of hydrogen-bond acceptors (Lipinski definition) is 3. The standard InChI is InChI=1S/C16H30N2OS/c1-6-12(4)14-15(19)18(10-16(20-5)7-8-16)13(17-14)9-11(2)3/h11-14,17H,6-10H2,1-5H3. The van der Waals surface area contributed by atoms with E-state index in [1.165, 1.54) is 12.8 Å². The average Bonchev–Trinajstić information content (AvgIpc) is 3.13. The van der Waals surface area contributed by atoms with Crippen LogP contribution in [0.4, 0.5) is 0 Å². The minimum absolute atomic E-state index is 0.0291. The number of nitrogens with one attached hydrogen (secondary N) is 1. The molecule has 0 aromatic carbocycles. The highest BCUT2D eigenvalue weighted by atomic mass is 32.2. The minimum Gasteiger partial charge on any atom is -0.324 e. The van der Waals surface area contributed by atoms with Crippen molar-refractivity contribution >= 4 is 17.7 Å². The summed E-state index contributed by atoms with van der Waals surface area (Å²) in [5.74, 6) is 1.37. The topological polar surface area (TPSA) is 32.3 Å². The lowest BCUT2D eigenvalue weighted by Crippen LogP contribution is -2.42. The van der Waals surface area contributed by atoms with Crippen LogP contribution in [0, 0.1) is 11.8 Å². The third-order valence-corrected chi connectivity index (χ3v) is 6.31. The van der Waals surface area contributed by atoms with Crippen LogP contribution in [-0.4, -0.2) is 40.6 Å². The van der Waals surface area contributed by atoms with E-state index in [1.807, 2.05) is 11.8 Å². The Bertz CT molecular complexity index is 354. The average molecular weight is 298 g/mol. The van der Waals surface area contributed by atoms with Crippen LogP contribution in [0.3, 0.4) is 0 Å². The minimum atomic E-state index is 0.0291. The summed E-state index contributed by atoms with van der Waals surface area (Å²) in [6.45, 7) is 9.77. The van der Waals surface area contributed by atoms with Gasteiger partial charge in [-0.3, -0.25) is 10.1 Å². The monoisotopic (exact) mass is 298 g/mol. The SMILES string of the molecule is CCC(C)C1NC(CC(C)C)N(CC2(SC)CC2)C1=O. The number of amides is 1. The van der Waals surface area contributed by atoms with E-state index in [2.05, 4.69) is 44.2 Å². The van der Waals surface area contributed by atoms with Gasteiger partial charge in [-0.15, -0.1) is 0 Å². The van der Waals surface area contributed by atoms with Gasteiger partial charge in [-0.1, -0.05) is 34.1 Å². The number of rotatable bonds is 7. The van der Waals surface area contributed by atoms with Crippen LogP contribution in [0.1, 0.15) is 53.4 Å². The van der Waals surface area contributed by atoms with Crippen LogP contribution in [-0.2, 0) is 4.79 Å². The Balaban J connectivity index is 2.09. The molecule has 2 aliphatic rings. The molecule has 116 valence electrons. The maximum atomic E-state index is 12.8. The van der Waals surface area contributed by atoms with Gasteiger partial charge in [0, 0.05) is 11.3 Å². The summed E-state index contributed by atoms with van der Waals surface area (Å²) in [6.07, 6.45) is 7.07. The number of thioether (sulfide) groups is 1. The first-order valence-electron chi connectivity index (χ1n) is 8.04. The fourth-order valence-electron chi connectivity index (χ4n) is 3.05. The molecule has 4 heteroatoms. The Morgan fingerprint density at radius 2 is 2.05 bits per heavy atom. The van der Waals surface area contributed by atoms with E-state index in [-0.39, 0.29) is 12.2 Å². The highest BCUT2D eigenvalue weighted by Crippen LogP contribution is 2.48. The van der Waals surface area contributed by atoms with Crippen molar-refractivity contribution in [2.45, 2.75) is 70.3 Å². The second-order valence-electron chi connectivity index (χ2n) is 7.03. The Kier molecular flexibility index (Phi) is 5.06. The molecule has 0 aromatic heterocycles. The zero-order valence-electron chi connectivity index (χ0n) is 13.6. The van der Waals surface area contributed by atoms with Gasteiger partial charge in [-0.05, 0) is 37.4 Å². The van der Waals surface area contributed by atoms with Gasteiger partial charge in [0.15, 0.2) is 0 Å². The normalized spacial score (nSPS) is 30.1. The van der Waals surface area contributed by atoms with Gasteiger partial charge in [0.25, 0.3) is 0 Å². The van der Waals surface area contributed by atoms with Crippen molar-refractivity contribution in [3.8, 4) is 0 Å². The number of hydrogen-bond donors (Lipinski definition) is 1. The van der Waals surface area contributed by atoms with Crippen molar-refractivity contribution < 1.29 is 4.79 Å². The molecule has 1 amide bonds. The molecular weight excluding hydrogens is 268 g/mol. The summed E-state index contributed by atoms with van der Waals surface area (Å²) < 4.78 is 0.358. The van der Waals surface area contributed by atoms with E-state index < -0.39 is 0 Å². The van der Waals surface area contributed by atoms with Crippen LogP contribution in [0.5, 0.6) is 0 Å². The maximum absolute atomic E-state index is 12.8. The molecular formula is C16H30N2OS. The second-order valence-corrected chi connectivity index (χ2v) is 8.30. The summed E-state index contributed by atoms with van der Waals surface area (Å²) in [5.41, 5.74) is 0. The van der Waals surface area contributed by atoms with Gasteiger partial charge in [0.2, 0.25) is 5.91 Å². The van der Waals surface area contributed by atoms with E-state index in [0.29, 0.717) is 22.5 Å². The van der Waals surface area contributed by atoms with Crippen molar-refractivity contribution in [1.29, 1.82) is 0 Å². The molecule has 0 radical (unpaired) electrons. The highest BCUT2D eigenvalue weighted by molar-refractivity contribution is 8.00. The third kappa shape index (κ3) is 3.33. The van der Waals surface area contributed by atoms with Crippen molar-refractivity contribution in [3.05, 3.63) is 0 Å². The Labute approximate surface area is 128 Å². The van der Waals surface area contributed by atoms with Crippen molar-refractivity contribution in [1.82, 2.24) is 10.2 Å². The van der Waals surface area contributed by atoms with E-state index >= 15 is 0 Å². The van der Waals surface area contributed by atoms with Gasteiger partial charge >= 0.3 is 0 Å². The fraction of sp³-hybridized carbons (Fsp3) is 0.938. The Hall–Kier alpha value is -0.220. The zero-order chi connectivity index (χ0) is 14.9. The summed E-state index contributed by atoms with van der Waals surface area (Å²) in [7, 11) is 0. The molecule has 3 unspecified atom stereocenters. The van der Waals surface area contributed by atoms with E-state index in [4.69, 9.17) is 0 Å². The summed E-state index contributed by atoms with van der Waals surface area (Å²) in [6, 6.07) is 0.0291. The summed E-state index contributed by atoms with van der Waals surface area (Å²) in [4.78, 5) is 14.9. The van der Waals surface area contributed by atoms with Crippen molar-refractivity contribution in [2.24, 2.45) is 11.8 Å². The number of carbonyl (C=O) groups is 1. The van der Waals surface area contributed by atoms with Gasteiger partial charge in [0.05, 0.1) is 12.2 Å². The maximum Gasteiger partial charge on any atom is 0.241 e. The molecule has 1 saturated carbocycles. The molecule has 2 fully saturated rings. The Morgan fingerprint density at radius 3 is 2.50 bits per heavy atom. The molecule has 3 nitrogen and oxygen atoms in total. The first kappa shape index (κ1) is 16.2. The van der Waals surface area contributed by atoms with Crippen LogP contribution in [0.15, 0.2) is 0 Å². The summed E-state index contributed by atoms with van der Waals surface area (Å²) >= 11 is 1.94. The lowest BCUT2D eigenvalue weighted by Gasteiger charge is -2.29. The highest BCUT2D eigenvalue weighted by Gasteiger charge is 2.49. The van der Waals surface area contributed by atoms with E-state index in [9.17, 15) is 4.79 Å². The lowest BCUT2D eigenvalue weighted by atomic mass is 9.99. The van der Waals surface area contributed by atoms with Gasteiger partial charge in [-0.25, -0.2) is 0 Å². The van der Waals surface area contributed by atoms with Crippen molar-refractivity contribution in [2.75, 3.05) is 12.8 Å². The molecule has 1 aliphatic heterocycles. The van der Waals surface area contributed by atoms with Crippen LogP contribution >= 0.6 is 11.8 Å². The van der Waals surface area contributed by atoms with E-state index in [0.717, 1.165) is 19.4 Å². The smallest absolute Gasteiger partial charge is 0.241 e. The van der Waals surface area contributed by atoms with Gasteiger partial charge in [0.1, 0.15) is 0 Å². The first-order valence-corrected chi connectivity index (χ1v) is 9.26. The molecule has 2 rings (SSSR count). The van der Waals surface area contributed by atoms with Crippen LogP contribution in [0.2, 0.25) is 0 Å². The second kappa shape index (κ2) is 6.27. The number of carbonyl (C=O) groups excluding carboxylic acids is 1. The molecule has 1 N–H and O–H groups in total. The lowest BCUT2D eigenvalue weighted by molar-refractivity contribution is -0.131. The number of nitrogens with zero attached hydrogens (tertiary/aromatic N) is 1. The summed E-state index contributed by atoms with van der Waals surface area (Å²) in [5, 5.41) is 3.61.